The highest BCUT2D eigenvalue weighted by atomic mass is 35.5. The number of rotatable bonds is 6. The highest BCUT2D eigenvalue weighted by Gasteiger charge is 2.18. The smallest absolute Gasteiger partial charge is 0.359 e. The maximum atomic E-state index is 12.4. The lowest BCUT2D eigenvalue weighted by atomic mass is 10.3. The van der Waals surface area contributed by atoms with Crippen molar-refractivity contribution in [3.05, 3.63) is 64.6 Å². The topological polar surface area (TPSA) is 86.1 Å². The van der Waals surface area contributed by atoms with E-state index < -0.39 is 18.5 Å². The molecule has 0 aliphatic carbocycles. The zero-order valence-corrected chi connectivity index (χ0v) is 17.7. The second-order valence-corrected chi connectivity index (χ2v) is 7.48. The van der Waals surface area contributed by atoms with Crippen LogP contribution in [0.25, 0.3) is 5.82 Å². The number of pyridine rings is 1. The van der Waals surface area contributed by atoms with Gasteiger partial charge in [-0.15, -0.1) is 11.8 Å². The quantitative estimate of drug-likeness (QED) is 0.469. The number of nitrogens with zero attached hydrogens (tertiary/aromatic N) is 3. The van der Waals surface area contributed by atoms with Crippen molar-refractivity contribution in [2.75, 3.05) is 18.2 Å². The molecule has 3 aromatic rings. The molecule has 0 atom stereocenters. The average molecular weight is 431 g/mol. The Labute approximate surface area is 177 Å². The Balaban J connectivity index is 1.68. The third kappa shape index (κ3) is 5.16. The first-order valence-corrected chi connectivity index (χ1v) is 10.3. The average Bonchev–Trinajstić information content (AvgIpc) is 3.04. The summed E-state index contributed by atoms with van der Waals surface area (Å²) in [6.07, 6.45) is 1.94. The number of amides is 1. The molecule has 0 spiro atoms. The molecule has 9 heteroatoms. The largest absolute Gasteiger partial charge is 0.451 e. The summed E-state index contributed by atoms with van der Waals surface area (Å²) in [7, 11) is 0. The highest BCUT2D eigenvalue weighted by molar-refractivity contribution is 7.98. The lowest BCUT2D eigenvalue weighted by Crippen LogP contribution is -2.21. The van der Waals surface area contributed by atoms with Crippen LogP contribution in [0.5, 0.6) is 0 Å². The number of benzene rings is 1. The predicted octanol–water partition coefficient (Wildman–Crippen LogP) is 4.05. The molecule has 0 saturated carbocycles. The van der Waals surface area contributed by atoms with E-state index in [0.29, 0.717) is 11.5 Å². The molecule has 1 aromatic carbocycles. The van der Waals surface area contributed by atoms with Gasteiger partial charge in [-0.3, -0.25) is 4.79 Å². The van der Waals surface area contributed by atoms with Gasteiger partial charge in [0.05, 0.1) is 10.7 Å². The Morgan fingerprint density at radius 1 is 1.21 bits per heavy atom. The lowest BCUT2D eigenvalue weighted by Gasteiger charge is -2.09. The van der Waals surface area contributed by atoms with E-state index in [-0.39, 0.29) is 10.7 Å². The SMILES string of the molecule is CSc1cccc(NC(=O)COC(=O)c2nc(-n3nc(C)cc3C)ccc2Cl)c1. The Morgan fingerprint density at radius 3 is 2.69 bits per heavy atom. The summed E-state index contributed by atoms with van der Waals surface area (Å²) >= 11 is 7.67. The van der Waals surface area contributed by atoms with E-state index in [9.17, 15) is 9.59 Å². The lowest BCUT2D eigenvalue weighted by molar-refractivity contribution is -0.119. The van der Waals surface area contributed by atoms with E-state index in [2.05, 4.69) is 15.4 Å². The molecule has 2 heterocycles. The van der Waals surface area contributed by atoms with Gasteiger partial charge in [0.25, 0.3) is 5.91 Å². The zero-order chi connectivity index (χ0) is 21.0. The van der Waals surface area contributed by atoms with Crippen LogP contribution in [0.15, 0.2) is 47.4 Å². The molecular formula is C20H19ClN4O3S. The molecule has 0 radical (unpaired) electrons. The molecule has 0 fully saturated rings. The second-order valence-electron chi connectivity index (χ2n) is 6.20. The van der Waals surface area contributed by atoms with E-state index in [1.54, 1.807) is 34.6 Å². The van der Waals surface area contributed by atoms with Gasteiger partial charge in [0, 0.05) is 16.3 Å². The van der Waals surface area contributed by atoms with Crippen LogP contribution in [0.1, 0.15) is 21.9 Å². The molecule has 0 saturated heterocycles. The summed E-state index contributed by atoms with van der Waals surface area (Å²) < 4.78 is 6.70. The van der Waals surface area contributed by atoms with E-state index >= 15 is 0 Å². The number of hydrogen-bond donors (Lipinski definition) is 1. The van der Waals surface area contributed by atoms with Crippen molar-refractivity contribution < 1.29 is 14.3 Å². The zero-order valence-electron chi connectivity index (χ0n) is 16.1. The van der Waals surface area contributed by atoms with Crippen LogP contribution < -0.4 is 5.32 Å². The number of carbonyl (C=O) groups excluding carboxylic acids is 2. The van der Waals surface area contributed by atoms with E-state index in [0.717, 1.165) is 16.3 Å². The fraction of sp³-hybridized carbons (Fsp3) is 0.200. The molecule has 0 unspecified atom stereocenters. The number of aromatic nitrogens is 3. The minimum absolute atomic E-state index is 0.0751. The summed E-state index contributed by atoms with van der Waals surface area (Å²) in [5, 5.41) is 7.16. The van der Waals surface area contributed by atoms with Gasteiger partial charge in [-0.2, -0.15) is 5.10 Å². The summed E-state index contributed by atoms with van der Waals surface area (Å²) in [5.74, 6) is -0.806. The molecule has 0 bridgehead atoms. The Kier molecular flexibility index (Phi) is 6.56. The van der Waals surface area contributed by atoms with E-state index in [1.807, 2.05) is 44.4 Å². The first-order chi connectivity index (χ1) is 13.9. The second kappa shape index (κ2) is 9.11. The summed E-state index contributed by atoms with van der Waals surface area (Å²) in [4.78, 5) is 29.8. The van der Waals surface area contributed by atoms with Crippen molar-refractivity contribution >= 4 is 40.9 Å². The molecule has 7 nitrogen and oxygen atoms in total. The van der Waals surface area contributed by atoms with Crippen LogP contribution in [0, 0.1) is 13.8 Å². The van der Waals surface area contributed by atoms with Gasteiger partial charge in [-0.25, -0.2) is 14.5 Å². The first kappa shape index (κ1) is 20.9. The van der Waals surface area contributed by atoms with E-state index in [4.69, 9.17) is 16.3 Å². The van der Waals surface area contributed by atoms with Crippen molar-refractivity contribution in [2.24, 2.45) is 0 Å². The molecular weight excluding hydrogens is 412 g/mol. The minimum atomic E-state index is -0.786. The molecule has 1 amide bonds. The number of thioether (sulfide) groups is 1. The molecule has 0 aliphatic rings. The van der Waals surface area contributed by atoms with Crippen LogP contribution in [0.4, 0.5) is 5.69 Å². The molecule has 3 rings (SSSR count). The van der Waals surface area contributed by atoms with E-state index in [1.165, 1.54) is 0 Å². The van der Waals surface area contributed by atoms with Gasteiger partial charge < -0.3 is 10.1 Å². The van der Waals surface area contributed by atoms with Gasteiger partial charge in [-0.05, 0) is 56.5 Å². The van der Waals surface area contributed by atoms with Crippen LogP contribution in [0.2, 0.25) is 5.02 Å². The van der Waals surface area contributed by atoms with Gasteiger partial charge in [0.2, 0.25) is 0 Å². The summed E-state index contributed by atoms with van der Waals surface area (Å²) in [5.41, 5.74) is 2.24. The van der Waals surface area contributed by atoms with Crippen molar-refractivity contribution in [2.45, 2.75) is 18.7 Å². The van der Waals surface area contributed by atoms with Crippen LogP contribution in [-0.2, 0) is 9.53 Å². The monoisotopic (exact) mass is 430 g/mol. The number of esters is 1. The third-order valence-electron chi connectivity index (χ3n) is 3.94. The molecule has 150 valence electrons. The number of aryl methyl sites for hydroxylation is 2. The Morgan fingerprint density at radius 2 is 2.00 bits per heavy atom. The minimum Gasteiger partial charge on any atom is -0.451 e. The van der Waals surface area contributed by atoms with Gasteiger partial charge >= 0.3 is 5.97 Å². The Hall–Kier alpha value is -2.84. The highest BCUT2D eigenvalue weighted by Crippen LogP contribution is 2.20. The standard InChI is InChI=1S/C20H19ClN4O3S/c1-12-9-13(2)25(24-12)17-8-7-16(21)19(23-17)20(27)28-11-18(26)22-14-5-4-6-15(10-14)29-3/h4-10H,11H2,1-3H3,(H,22,26). The number of ether oxygens (including phenoxy) is 1. The predicted molar refractivity (Wildman–Crippen MR) is 113 cm³/mol. The maximum Gasteiger partial charge on any atom is 0.359 e. The number of nitrogens with one attached hydrogen (secondary N) is 1. The summed E-state index contributed by atoms with van der Waals surface area (Å²) in [6, 6.07) is 12.5. The van der Waals surface area contributed by atoms with Gasteiger partial charge in [-0.1, -0.05) is 17.7 Å². The molecule has 0 aliphatic heterocycles. The van der Waals surface area contributed by atoms with Crippen LogP contribution in [-0.4, -0.2) is 39.5 Å². The third-order valence-corrected chi connectivity index (χ3v) is 4.97. The number of halogens is 1. The normalized spacial score (nSPS) is 10.6. The maximum absolute atomic E-state index is 12.4. The number of carbonyl (C=O) groups is 2. The van der Waals surface area contributed by atoms with Crippen molar-refractivity contribution in [1.82, 2.24) is 14.8 Å². The van der Waals surface area contributed by atoms with Crippen molar-refractivity contribution in [1.29, 1.82) is 0 Å². The van der Waals surface area contributed by atoms with Crippen LogP contribution in [0.3, 0.4) is 0 Å². The molecule has 1 N–H and O–H groups in total. The molecule has 2 aromatic heterocycles. The van der Waals surface area contributed by atoms with Gasteiger partial charge in [0.15, 0.2) is 18.1 Å². The summed E-state index contributed by atoms with van der Waals surface area (Å²) in [6.45, 7) is 3.29. The fourth-order valence-corrected chi connectivity index (χ4v) is 3.29. The van der Waals surface area contributed by atoms with Crippen molar-refractivity contribution in [3.8, 4) is 5.82 Å². The van der Waals surface area contributed by atoms with Gasteiger partial charge in [0.1, 0.15) is 0 Å². The number of anilines is 1. The van der Waals surface area contributed by atoms with Crippen molar-refractivity contribution in [3.63, 3.8) is 0 Å². The fourth-order valence-electron chi connectivity index (χ4n) is 2.65. The first-order valence-electron chi connectivity index (χ1n) is 8.68. The number of hydrogen-bond acceptors (Lipinski definition) is 6. The molecule has 29 heavy (non-hydrogen) atoms. The van der Waals surface area contributed by atoms with Crippen LogP contribution >= 0.6 is 23.4 Å². The Bertz CT molecular complexity index is 1070.